The van der Waals surface area contributed by atoms with Crippen LogP contribution in [0.5, 0.6) is 0 Å². The first-order valence-electron chi connectivity index (χ1n) is 10.6. The highest BCUT2D eigenvalue weighted by molar-refractivity contribution is 7.88. The van der Waals surface area contributed by atoms with Gasteiger partial charge in [-0.15, -0.1) is 0 Å². The molecule has 1 aromatic heterocycles. The Morgan fingerprint density at radius 2 is 2.00 bits per heavy atom. The Bertz CT molecular complexity index is 1060. The SMILES string of the molecule is COCCN(C1CCN(CC2C(c3ccncc3)=Nc3c(C)cccc32)C1)S(C)(=O)=O. The number of methoxy groups -OCH3 is 1. The van der Waals surface area contributed by atoms with Gasteiger partial charge in [0.05, 0.1) is 24.3 Å². The number of ether oxygens (including phenoxy) is 1. The molecule has 2 aliphatic heterocycles. The number of hydrogen-bond acceptors (Lipinski definition) is 6. The normalized spacial score (nSPS) is 21.5. The van der Waals surface area contributed by atoms with E-state index in [1.54, 1.807) is 23.8 Å². The van der Waals surface area contributed by atoms with E-state index >= 15 is 0 Å². The zero-order valence-electron chi connectivity index (χ0n) is 18.4. The Morgan fingerprint density at radius 1 is 1.23 bits per heavy atom. The number of aliphatic imine (C=N–C) groups is 1. The Kier molecular flexibility index (Phi) is 6.52. The van der Waals surface area contributed by atoms with Crippen molar-refractivity contribution in [2.24, 2.45) is 4.99 Å². The molecule has 0 amide bonds. The third-order valence-corrected chi connectivity index (χ3v) is 7.55. The molecule has 0 bridgehead atoms. The number of aryl methyl sites for hydroxylation is 1. The van der Waals surface area contributed by atoms with Crippen molar-refractivity contribution in [3.05, 3.63) is 59.4 Å². The number of aromatic nitrogens is 1. The van der Waals surface area contributed by atoms with E-state index in [1.807, 2.05) is 12.1 Å². The Balaban J connectivity index is 1.56. The molecule has 2 atom stereocenters. The number of hydrogen-bond donors (Lipinski definition) is 0. The molecule has 0 radical (unpaired) electrons. The first-order valence-corrected chi connectivity index (χ1v) is 12.5. The number of sulfonamides is 1. The Labute approximate surface area is 184 Å². The molecule has 2 aliphatic rings. The number of fused-ring (bicyclic) bond motifs is 1. The summed E-state index contributed by atoms with van der Waals surface area (Å²) < 4.78 is 31.4. The molecule has 31 heavy (non-hydrogen) atoms. The van der Waals surface area contributed by atoms with Crippen LogP contribution >= 0.6 is 0 Å². The highest BCUT2D eigenvalue weighted by atomic mass is 32.2. The standard InChI is InChI=1S/C23H30N4O3S/c1-17-5-4-6-20-21(23(25-22(17)20)18-7-10-24-11-8-18)16-26-12-9-19(15-26)27(13-14-30-2)31(3,28)29/h4-8,10-11,19,21H,9,12-16H2,1-3H3. The lowest BCUT2D eigenvalue weighted by molar-refractivity contribution is 0.165. The topological polar surface area (TPSA) is 75.1 Å². The molecule has 1 fully saturated rings. The van der Waals surface area contributed by atoms with Gasteiger partial charge < -0.3 is 9.64 Å². The minimum absolute atomic E-state index is 0.0233. The number of nitrogens with zero attached hydrogens (tertiary/aromatic N) is 4. The fourth-order valence-electron chi connectivity index (χ4n) is 4.71. The summed E-state index contributed by atoms with van der Waals surface area (Å²) in [5, 5.41) is 0. The molecule has 4 rings (SSSR count). The van der Waals surface area contributed by atoms with Crippen molar-refractivity contribution in [2.75, 3.05) is 46.2 Å². The summed E-state index contributed by atoms with van der Waals surface area (Å²) in [5.41, 5.74) is 5.63. The molecular formula is C23H30N4O3S. The van der Waals surface area contributed by atoms with Crippen LogP contribution in [-0.4, -0.2) is 80.5 Å². The van der Waals surface area contributed by atoms with E-state index < -0.39 is 10.0 Å². The fourth-order valence-corrected chi connectivity index (χ4v) is 5.83. The van der Waals surface area contributed by atoms with E-state index in [0.29, 0.717) is 13.2 Å². The number of pyridine rings is 1. The summed E-state index contributed by atoms with van der Waals surface area (Å²) in [6, 6.07) is 10.4. The van der Waals surface area contributed by atoms with Crippen molar-refractivity contribution >= 4 is 21.4 Å². The van der Waals surface area contributed by atoms with Crippen LogP contribution in [0.4, 0.5) is 5.69 Å². The second kappa shape index (κ2) is 9.16. The highest BCUT2D eigenvalue weighted by Crippen LogP contribution is 2.40. The molecule has 2 aromatic rings. The predicted molar refractivity (Wildman–Crippen MR) is 123 cm³/mol. The summed E-state index contributed by atoms with van der Waals surface area (Å²) >= 11 is 0. The van der Waals surface area contributed by atoms with Crippen LogP contribution in [0.15, 0.2) is 47.7 Å². The van der Waals surface area contributed by atoms with Crippen LogP contribution in [0.2, 0.25) is 0 Å². The Hall–Kier alpha value is -2.13. The lowest BCUT2D eigenvalue weighted by Gasteiger charge is -2.27. The van der Waals surface area contributed by atoms with Crippen molar-refractivity contribution in [2.45, 2.75) is 25.3 Å². The molecule has 166 valence electrons. The van der Waals surface area contributed by atoms with E-state index in [2.05, 4.69) is 35.0 Å². The van der Waals surface area contributed by atoms with Crippen LogP contribution in [-0.2, 0) is 14.8 Å². The van der Waals surface area contributed by atoms with Crippen molar-refractivity contribution in [3.63, 3.8) is 0 Å². The van der Waals surface area contributed by atoms with Crippen LogP contribution in [0.3, 0.4) is 0 Å². The lowest BCUT2D eigenvalue weighted by Crippen LogP contribution is -2.43. The van der Waals surface area contributed by atoms with Crippen LogP contribution < -0.4 is 0 Å². The predicted octanol–water partition coefficient (Wildman–Crippen LogP) is 2.59. The van der Waals surface area contributed by atoms with E-state index in [1.165, 1.54) is 17.4 Å². The quantitative estimate of drug-likeness (QED) is 0.628. The fraction of sp³-hybridized carbons (Fsp3) is 0.478. The van der Waals surface area contributed by atoms with Gasteiger partial charge in [-0.25, -0.2) is 8.42 Å². The molecule has 0 aliphatic carbocycles. The van der Waals surface area contributed by atoms with Crippen molar-refractivity contribution in [3.8, 4) is 0 Å². The van der Waals surface area contributed by atoms with Crippen LogP contribution in [0, 0.1) is 6.92 Å². The van der Waals surface area contributed by atoms with E-state index in [-0.39, 0.29) is 12.0 Å². The minimum atomic E-state index is -3.28. The van der Waals surface area contributed by atoms with Gasteiger partial charge in [0.15, 0.2) is 0 Å². The maximum atomic E-state index is 12.3. The van der Waals surface area contributed by atoms with Gasteiger partial charge in [-0.2, -0.15) is 4.31 Å². The smallest absolute Gasteiger partial charge is 0.211 e. The molecule has 2 unspecified atom stereocenters. The summed E-state index contributed by atoms with van der Waals surface area (Å²) in [6.07, 6.45) is 5.72. The molecule has 8 heteroatoms. The number of likely N-dealkylation sites (tertiary alicyclic amines) is 1. The molecule has 0 spiro atoms. The summed E-state index contributed by atoms with van der Waals surface area (Å²) in [4.78, 5) is 11.5. The first kappa shape index (κ1) is 22.1. The van der Waals surface area contributed by atoms with Gasteiger partial charge in [-0.3, -0.25) is 9.98 Å². The van der Waals surface area contributed by atoms with E-state index in [0.717, 1.165) is 43.0 Å². The Morgan fingerprint density at radius 3 is 2.71 bits per heavy atom. The maximum Gasteiger partial charge on any atom is 0.211 e. The van der Waals surface area contributed by atoms with E-state index in [9.17, 15) is 8.42 Å². The van der Waals surface area contributed by atoms with Crippen molar-refractivity contribution in [1.29, 1.82) is 0 Å². The average Bonchev–Trinajstić information content (AvgIpc) is 3.34. The minimum Gasteiger partial charge on any atom is -0.383 e. The monoisotopic (exact) mass is 442 g/mol. The second-order valence-corrected chi connectivity index (χ2v) is 10.3. The van der Waals surface area contributed by atoms with Crippen LogP contribution in [0.25, 0.3) is 0 Å². The number of benzene rings is 1. The highest BCUT2D eigenvalue weighted by Gasteiger charge is 2.36. The van der Waals surface area contributed by atoms with Gasteiger partial charge in [0.1, 0.15) is 0 Å². The van der Waals surface area contributed by atoms with Gasteiger partial charge in [0.2, 0.25) is 10.0 Å². The van der Waals surface area contributed by atoms with Gasteiger partial charge in [0.25, 0.3) is 0 Å². The molecule has 0 saturated carbocycles. The van der Waals surface area contributed by atoms with Gasteiger partial charge in [-0.1, -0.05) is 18.2 Å². The molecular weight excluding hydrogens is 412 g/mol. The largest absolute Gasteiger partial charge is 0.383 e. The molecule has 1 saturated heterocycles. The van der Waals surface area contributed by atoms with Crippen molar-refractivity contribution in [1.82, 2.24) is 14.2 Å². The zero-order chi connectivity index (χ0) is 22.0. The van der Waals surface area contributed by atoms with Crippen LogP contribution in [0.1, 0.15) is 29.0 Å². The lowest BCUT2D eigenvalue weighted by atomic mass is 9.91. The molecule has 3 heterocycles. The number of rotatable bonds is 8. The van der Waals surface area contributed by atoms with E-state index in [4.69, 9.17) is 9.73 Å². The summed E-state index contributed by atoms with van der Waals surface area (Å²) in [7, 11) is -1.69. The molecule has 7 nitrogen and oxygen atoms in total. The number of para-hydroxylation sites is 1. The average molecular weight is 443 g/mol. The van der Waals surface area contributed by atoms with Gasteiger partial charge in [-0.05, 0) is 48.7 Å². The first-order chi connectivity index (χ1) is 14.9. The summed E-state index contributed by atoms with van der Waals surface area (Å²) in [6.45, 7) is 5.29. The second-order valence-electron chi connectivity index (χ2n) is 8.37. The third-order valence-electron chi connectivity index (χ3n) is 6.22. The van der Waals surface area contributed by atoms with Gasteiger partial charge >= 0.3 is 0 Å². The summed E-state index contributed by atoms with van der Waals surface area (Å²) in [5.74, 6) is 0.154. The zero-order valence-corrected chi connectivity index (χ0v) is 19.2. The maximum absolute atomic E-state index is 12.3. The van der Waals surface area contributed by atoms with Crippen molar-refractivity contribution < 1.29 is 13.2 Å². The van der Waals surface area contributed by atoms with Gasteiger partial charge in [0, 0.05) is 51.1 Å². The molecule has 0 N–H and O–H groups in total. The third kappa shape index (κ3) is 4.72. The molecule has 1 aromatic carbocycles.